The third kappa shape index (κ3) is 1.53. The summed E-state index contributed by atoms with van der Waals surface area (Å²) in [4.78, 5) is 17.6. The summed E-state index contributed by atoms with van der Waals surface area (Å²) in [5, 5.41) is 8.95. The Morgan fingerprint density at radius 3 is 3.14 bits per heavy atom. The van der Waals surface area contributed by atoms with Gasteiger partial charge in [-0.1, -0.05) is 0 Å². The zero-order valence-corrected chi connectivity index (χ0v) is 8.75. The van der Waals surface area contributed by atoms with Crippen LogP contribution in [0.25, 0.3) is 0 Å². The summed E-state index contributed by atoms with van der Waals surface area (Å²) in [5.41, 5.74) is 2.35. The first kappa shape index (κ1) is 9.61. The lowest BCUT2D eigenvalue weighted by Gasteiger charge is -2.17. The molecule has 0 aromatic carbocycles. The van der Waals surface area contributed by atoms with Crippen molar-refractivity contribution in [2.75, 3.05) is 13.6 Å². The Labute approximate surface area is 86.2 Å². The highest BCUT2D eigenvalue weighted by Crippen LogP contribution is 2.32. The Kier molecular flexibility index (Phi) is 2.52. The molecule has 0 bridgehead atoms. The van der Waals surface area contributed by atoms with Crippen molar-refractivity contribution in [3.63, 3.8) is 0 Å². The molecule has 2 rings (SSSR count). The number of hydrogen-bond donors (Lipinski definition) is 1. The molecule has 4 nitrogen and oxygen atoms in total. The Morgan fingerprint density at radius 2 is 2.57 bits per heavy atom. The van der Waals surface area contributed by atoms with E-state index < -0.39 is 5.97 Å². The van der Waals surface area contributed by atoms with E-state index in [2.05, 4.69) is 9.88 Å². The van der Waals surface area contributed by atoms with Gasteiger partial charge in [0.25, 0.3) is 0 Å². The molecule has 5 heteroatoms. The van der Waals surface area contributed by atoms with Gasteiger partial charge in [0.15, 0.2) is 0 Å². The van der Waals surface area contributed by atoms with E-state index in [0.29, 0.717) is 4.88 Å². The second-order valence-electron chi connectivity index (χ2n) is 3.51. The van der Waals surface area contributed by atoms with Crippen LogP contribution in [0.2, 0.25) is 0 Å². The molecule has 76 valence electrons. The highest BCUT2D eigenvalue weighted by atomic mass is 32.1. The largest absolute Gasteiger partial charge is 0.477 e. The number of carboxylic acid groups (broad SMARTS) is 1. The summed E-state index contributed by atoms with van der Waals surface area (Å²) >= 11 is 1.21. The van der Waals surface area contributed by atoms with Crippen molar-refractivity contribution < 1.29 is 9.90 Å². The first-order valence-electron chi connectivity index (χ1n) is 4.57. The average Bonchev–Trinajstić information content (AvgIpc) is 2.70. The highest BCUT2D eigenvalue weighted by molar-refractivity contribution is 7.11. The SMILES string of the molecule is CN1CCCC1c1ncsc1C(=O)O. The van der Waals surface area contributed by atoms with Crippen LogP contribution in [0, 0.1) is 0 Å². The minimum atomic E-state index is -0.859. The van der Waals surface area contributed by atoms with Gasteiger partial charge >= 0.3 is 5.97 Å². The molecule has 1 aliphatic rings. The second-order valence-corrected chi connectivity index (χ2v) is 4.37. The van der Waals surface area contributed by atoms with Crippen molar-refractivity contribution in [3.8, 4) is 0 Å². The van der Waals surface area contributed by atoms with E-state index in [4.69, 9.17) is 5.11 Å². The number of hydrogen-bond acceptors (Lipinski definition) is 4. The fourth-order valence-electron chi connectivity index (χ4n) is 1.91. The summed E-state index contributed by atoms with van der Waals surface area (Å²) in [6, 6.07) is 0.201. The van der Waals surface area contributed by atoms with Crippen LogP contribution in [0.3, 0.4) is 0 Å². The van der Waals surface area contributed by atoms with Crippen molar-refractivity contribution in [2.45, 2.75) is 18.9 Å². The third-order valence-corrected chi connectivity index (χ3v) is 3.46. The maximum absolute atomic E-state index is 10.9. The number of thiazole rings is 1. The quantitative estimate of drug-likeness (QED) is 0.809. The Bertz CT molecular complexity index is 350. The molecule has 2 heterocycles. The molecule has 1 atom stereocenters. The van der Waals surface area contributed by atoms with Crippen molar-refractivity contribution in [2.24, 2.45) is 0 Å². The molecule has 1 aliphatic heterocycles. The smallest absolute Gasteiger partial charge is 0.347 e. The van der Waals surface area contributed by atoms with Crippen molar-refractivity contribution in [1.29, 1.82) is 0 Å². The number of aromatic carboxylic acids is 1. The number of nitrogens with zero attached hydrogens (tertiary/aromatic N) is 2. The lowest BCUT2D eigenvalue weighted by molar-refractivity contribution is 0.0699. The van der Waals surface area contributed by atoms with Crippen LogP contribution in [0.1, 0.15) is 34.2 Å². The molecule has 0 amide bonds. The molecule has 1 unspecified atom stereocenters. The number of carbonyl (C=O) groups is 1. The first-order valence-corrected chi connectivity index (χ1v) is 5.45. The van der Waals surface area contributed by atoms with Gasteiger partial charge in [0, 0.05) is 0 Å². The fraction of sp³-hybridized carbons (Fsp3) is 0.556. The lowest BCUT2D eigenvalue weighted by atomic mass is 10.1. The predicted molar refractivity (Wildman–Crippen MR) is 53.7 cm³/mol. The normalized spacial score (nSPS) is 22.8. The maximum atomic E-state index is 10.9. The first-order chi connectivity index (χ1) is 6.70. The summed E-state index contributed by atoms with van der Waals surface area (Å²) in [5.74, 6) is -0.859. The molecule has 0 saturated carbocycles. The number of likely N-dealkylation sites (tertiary alicyclic amines) is 1. The molecule has 14 heavy (non-hydrogen) atoms. The van der Waals surface area contributed by atoms with Gasteiger partial charge in [-0.25, -0.2) is 9.78 Å². The molecule has 1 N–H and O–H groups in total. The number of rotatable bonds is 2. The molecule has 0 spiro atoms. The molecule has 1 aromatic rings. The van der Waals surface area contributed by atoms with Crippen molar-refractivity contribution >= 4 is 17.3 Å². The Hall–Kier alpha value is -0.940. The summed E-state index contributed by atoms with van der Waals surface area (Å²) in [6.45, 7) is 1.03. The molecule has 0 aliphatic carbocycles. The second kappa shape index (κ2) is 3.67. The maximum Gasteiger partial charge on any atom is 0.347 e. The monoisotopic (exact) mass is 212 g/mol. The molecule has 1 fully saturated rings. The lowest BCUT2D eigenvalue weighted by Crippen LogP contribution is -2.19. The van der Waals surface area contributed by atoms with E-state index in [0.717, 1.165) is 25.1 Å². The van der Waals surface area contributed by atoms with Crippen LogP contribution < -0.4 is 0 Å². The molecule has 1 aromatic heterocycles. The van der Waals surface area contributed by atoms with Gasteiger partial charge in [-0.2, -0.15) is 0 Å². The topological polar surface area (TPSA) is 53.4 Å². The van der Waals surface area contributed by atoms with Gasteiger partial charge in [-0.3, -0.25) is 4.90 Å². The number of carboxylic acids is 1. The zero-order valence-electron chi connectivity index (χ0n) is 7.93. The number of aromatic nitrogens is 1. The van der Waals surface area contributed by atoms with E-state index >= 15 is 0 Å². The van der Waals surface area contributed by atoms with Crippen LogP contribution in [0.5, 0.6) is 0 Å². The Balaban J connectivity index is 2.31. The van der Waals surface area contributed by atoms with Crippen molar-refractivity contribution in [1.82, 2.24) is 9.88 Å². The zero-order chi connectivity index (χ0) is 10.1. The highest BCUT2D eigenvalue weighted by Gasteiger charge is 2.28. The predicted octanol–water partition coefficient (Wildman–Crippen LogP) is 1.61. The van der Waals surface area contributed by atoms with Gasteiger partial charge in [0.05, 0.1) is 17.2 Å². The van der Waals surface area contributed by atoms with Crippen LogP contribution >= 0.6 is 11.3 Å². The van der Waals surface area contributed by atoms with E-state index in [9.17, 15) is 4.79 Å². The standard InChI is InChI=1S/C9H12N2O2S/c1-11-4-2-3-6(11)7-8(9(12)13)14-5-10-7/h5-6H,2-4H2,1H3,(H,12,13). The summed E-state index contributed by atoms with van der Waals surface area (Å²) < 4.78 is 0. The minimum absolute atomic E-state index is 0.201. The van der Waals surface area contributed by atoms with Crippen LogP contribution in [0.15, 0.2) is 5.51 Å². The van der Waals surface area contributed by atoms with E-state index in [1.54, 1.807) is 5.51 Å². The summed E-state index contributed by atoms with van der Waals surface area (Å²) in [6.07, 6.45) is 2.14. The van der Waals surface area contributed by atoms with Gasteiger partial charge in [-0.15, -0.1) is 11.3 Å². The molecular weight excluding hydrogens is 200 g/mol. The van der Waals surface area contributed by atoms with Crippen LogP contribution in [0.4, 0.5) is 0 Å². The van der Waals surface area contributed by atoms with E-state index in [1.807, 2.05) is 7.05 Å². The van der Waals surface area contributed by atoms with E-state index in [-0.39, 0.29) is 6.04 Å². The molecule has 0 radical (unpaired) electrons. The van der Waals surface area contributed by atoms with Gasteiger partial charge < -0.3 is 5.11 Å². The minimum Gasteiger partial charge on any atom is -0.477 e. The van der Waals surface area contributed by atoms with E-state index in [1.165, 1.54) is 11.3 Å². The van der Waals surface area contributed by atoms with Gasteiger partial charge in [0.1, 0.15) is 4.88 Å². The summed E-state index contributed by atoms with van der Waals surface area (Å²) in [7, 11) is 2.02. The van der Waals surface area contributed by atoms with Crippen LogP contribution in [-0.4, -0.2) is 34.6 Å². The third-order valence-electron chi connectivity index (χ3n) is 2.63. The Morgan fingerprint density at radius 1 is 1.79 bits per heavy atom. The van der Waals surface area contributed by atoms with Crippen LogP contribution in [-0.2, 0) is 0 Å². The van der Waals surface area contributed by atoms with Gasteiger partial charge in [-0.05, 0) is 26.4 Å². The van der Waals surface area contributed by atoms with Crippen molar-refractivity contribution in [3.05, 3.63) is 16.1 Å². The molecule has 1 saturated heterocycles. The molecular formula is C9H12N2O2S. The fourth-order valence-corrected chi connectivity index (χ4v) is 2.59. The average molecular weight is 212 g/mol. The van der Waals surface area contributed by atoms with Gasteiger partial charge in [0.2, 0.25) is 0 Å².